The highest BCUT2D eigenvalue weighted by Crippen LogP contribution is 2.51. The molecule has 0 bridgehead atoms. The third-order valence-corrected chi connectivity index (χ3v) is 4.88. The Morgan fingerprint density at radius 3 is 2.42 bits per heavy atom. The maximum Gasteiger partial charge on any atom is 0.283 e. The van der Waals surface area contributed by atoms with E-state index in [0.29, 0.717) is 18.3 Å². The molecule has 1 aromatic carbocycles. The molecule has 5 nitrogen and oxygen atoms in total. The van der Waals surface area contributed by atoms with Crippen molar-refractivity contribution in [1.82, 2.24) is 9.97 Å². The van der Waals surface area contributed by atoms with Crippen molar-refractivity contribution in [3.63, 3.8) is 0 Å². The zero-order chi connectivity index (χ0) is 23.0. The number of halogens is 7. The first kappa shape index (κ1) is 22.6. The van der Waals surface area contributed by atoms with Crippen molar-refractivity contribution >= 4 is 11.6 Å². The number of amidine groups is 1. The van der Waals surface area contributed by atoms with Crippen molar-refractivity contribution in [3.05, 3.63) is 58.9 Å². The lowest BCUT2D eigenvalue weighted by Crippen LogP contribution is -2.54. The molecule has 3 rings (SSSR count). The number of alkyl halides is 6. The topological polar surface area (TPSA) is 81.2 Å². The van der Waals surface area contributed by atoms with Crippen LogP contribution in [0.1, 0.15) is 46.6 Å². The van der Waals surface area contributed by atoms with Crippen LogP contribution in [0.25, 0.3) is 0 Å². The Balaban J connectivity index is 1.99. The Bertz CT molecular complexity index is 1010. The summed E-state index contributed by atoms with van der Waals surface area (Å²) >= 11 is 0. The highest BCUT2D eigenvalue weighted by atomic mass is 19.3. The number of nitrogens with zero attached hydrogens (tertiary/aromatic N) is 3. The Morgan fingerprint density at radius 2 is 1.84 bits per heavy atom. The molecule has 166 valence electrons. The average Bonchev–Trinajstić information content (AvgIpc) is 2.71. The first-order valence-electron chi connectivity index (χ1n) is 8.90. The Labute approximate surface area is 171 Å². The van der Waals surface area contributed by atoms with Gasteiger partial charge in [0.25, 0.3) is 18.8 Å². The number of aliphatic imine (C=N–C) groups is 1. The Kier molecular flexibility index (Phi) is 6.01. The maximum atomic E-state index is 14.6. The van der Waals surface area contributed by atoms with E-state index in [1.54, 1.807) is 0 Å². The van der Waals surface area contributed by atoms with Gasteiger partial charge in [-0.2, -0.15) is 0 Å². The van der Waals surface area contributed by atoms with E-state index in [2.05, 4.69) is 15.0 Å². The molecule has 2 heterocycles. The molecule has 0 radical (unpaired) electrons. The van der Waals surface area contributed by atoms with E-state index in [4.69, 9.17) is 5.73 Å². The standard InChI is InChI=1S/C19H15F7N4O/c20-11-2-1-9(6-14(31)12-7-29-13(8-28-12)16(21)22)5-10(11)19(17(23)24)18(25,26)4-3-15(27)30-19/h1-2,5,7-8,16-17H,3-4,6H2,(H2,27,30)/t19-/m0/s1. The van der Waals surface area contributed by atoms with Gasteiger partial charge in [0.1, 0.15) is 17.2 Å². The fraction of sp³-hybridized carbons (Fsp3) is 0.368. The first-order valence-corrected chi connectivity index (χ1v) is 8.90. The van der Waals surface area contributed by atoms with Crippen LogP contribution < -0.4 is 5.73 Å². The number of hydrogen-bond donors (Lipinski definition) is 1. The lowest BCUT2D eigenvalue weighted by molar-refractivity contribution is -0.145. The molecule has 2 N–H and O–H groups in total. The summed E-state index contributed by atoms with van der Waals surface area (Å²) in [6.07, 6.45) is -7.24. The SMILES string of the molecule is NC1=N[C@@](c2cc(CC(=O)c3cnc(C(F)F)cn3)ccc2F)(C(F)F)C(F)(F)CC1. The molecule has 2 aromatic rings. The molecule has 1 atom stereocenters. The van der Waals surface area contributed by atoms with Crippen LogP contribution in [0.15, 0.2) is 35.6 Å². The van der Waals surface area contributed by atoms with Gasteiger partial charge in [0.2, 0.25) is 5.54 Å². The van der Waals surface area contributed by atoms with Gasteiger partial charge < -0.3 is 5.73 Å². The minimum absolute atomic E-state index is 0.0868. The lowest BCUT2D eigenvalue weighted by atomic mass is 9.79. The first-order chi connectivity index (χ1) is 14.5. The number of carbonyl (C=O) groups is 1. The number of Topliss-reactive ketones (excluding diaryl/α,β-unsaturated/α-hetero) is 1. The monoisotopic (exact) mass is 448 g/mol. The van der Waals surface area contributed by atoms with Crippen molar-refractivity contribution in [1.29, 1.82) is 0 Å². The van der Waals surface area contributed by atoms with E-state index in [1.165, 1.54) is 0 Å². The van der Waals surface area contributed by atoms with Crippen LogP contribution in [-0.2, 0) is 12.0 Å². The molecule has 1 aromatic heterocycles. The van der Waals surface area contributed by atoms with E-state index in [-0.39, 0.29) is 11.3 Å². The van der Waals surface area contributed by atoms with Gasteiger partial charge in [-0.25, -0.2) is 40.7 Å². The smallest absolute Gasteiger partial charge is 0.283 e. The van der Waals surface area contributed by atoms with Crippen LogP contribution in [0.3, 0.4) is 0 Å². The summed E-state index contributed by atoms with van der Waals surface area (Å²) in [5.74, 6) is -6.71. The van der Waals surface area contributed by atoms with Gasteiger partial charge in [-0.3, -0.25) is 9.78 Å². The highest BCUT2D eigenvalue weighted by Gasteiger charge is 2.63. The summed E-state index contributed by atoms with van der Waals surface area (Å²) in [5.41, 5.74) is -0.279. The van der Waals surface area contributed by atoms with Gasteiger partial charge in [-0.05, 0) is 17.7 Å². The van der Waals surface area contributed by atoms with Gasteiger partial charge >= 0.3 is 0 Å². The number of ketones is 1. The zero-order valence-corrected chi connectivity index (χ0v) is 15.6. The predicted octanol–water partition coefficient (Wildman–Crippen LogP) is 4.23. The molecule has 0 aliphatic carbocycles. The van der Waals surface area contributed by atoms with Gasteiger partial charge in [0, 0.05) is 24.8 Å². The van der Waals surface area contributed by atoms with Gasteiger partial charge in [-0.1, -0.05) is 6.07 Å². The summed E-state index contributed by atoms with van der Waals surface area (Å²) in [7, 11) is 0. The normalized spacial score (nSPS) is 20.7. The number of hydrogen-bond acceptors (Lipinski definition) is 5. The minimum Gasteiger partial charge on any atom is -0.387 e. The van der Waals surface area contributed by atoms with Crippen LogP contribution >= 0.6 is 0 Å². The number of benzene rings is 1. The molecule has 0 unspecified atom stereocenters. The zero-order valence-electron chi connectivity index (χ0n) is 15.6. The van der Waals surface area contributed by atoms with Crippen LogP contribution in [0.2, 0.25) is 0 Å². The molecule has 1 aliphatic rings. The van der Waals surface area contributed by atoms with E-state index >= 15 is 0 Å². The summed E-state index contributed by atoms with van der Waals surface area (Å²) in [6, 6.07) is 2.42. The molecule has 1 aliphatic heterocycles. The molecular formula is C19H15F7N4O. The predicted molar refractivity (Wildman–Crippen MR) is 94.9 cm³/mol. The van der Waals surface area contributed by atoms with E-state index < -0.39 is 72.3 Å². The number of rotatable bonds is 6. The number of nitrogens with two attached hydrogens (primary N) is 1. The minimum atomic E-state index is -4.11. The van der Waals surface area contributed by atoms with Crippen LogP contribution in [0.4, 0.5) is 30.7 Å². The second-order valence-corrected chi connectivity index (χ2v) is 6.92. The Morgan fingerprint density at radius 1 is 1.13 bits per heavy atom. The molecule has 31 heavy (non-hydrogen) atoms. The van der Waals surface area contributed by atoms with Crippen LogP contribution in [-0.4, -0.2) is 33.9 Å². The van der Waals surface area contributed by atoms with Gasteiger partial charge in [-0.15, -0.1) is 0 Å². The second kappa shape index (κ2) is 8.23. The van der Waals surface area contributed by atoms with Gasteiger partial charge in [0.15, 0.2) is 5.78 Å². The fourth-order valence-electron chi connectivity index (χ4n) is 3.27. The lowest BCUT2D eigenvalue weighted by Gasteiger charge is -2.40. The molecule has 12 heteroatoms. The third-order valence-electron chi connectivity index (χ3n) is 4.88. The largest absolute Gasteiger partial charge is 0.387 e. The van der Waals surface area contributed by atoms with Crippen LogP contribution in [0, 0.1) is 5.82 Å². The summed E-state index contributed by atoms with van der Waals surface area (Å²) in [5, 5.41) is 0. The molecule has 0 fully saturated rings. The third kappa shape index (κ3) is 4.10. The molecule has 0 saturated heterocycles. The average molecular weight is 448 g/mol. The van der Waals surface area contributed by atoms with E-state index in [0.717, 1.165) is 12.3 Å². The van der Waals surface area contributed by atoms with Crippen molar-refractivity contribution in [2.75, 3.05) is 0 Å². The summed E-state index contributed by atoms with van der Waals surface area (Å²) < 4.78 is 96.6. The number of aromatic nitrogens is 2. The summed E-state index contributed by atoms with van der Waals surface area (Å²) in [6.45, 7) is 0. The van der Waals surface area contributed by atoms with Crippen molar-refractivity contribution in [2.45, 2.75) is 43.6 Å². The maximum absolute atomic E-state index is 14.6. The fourth-order valence-corrected chi connectivity index (χ4v) is 3.27. The van der Waals surface area contributed by atoms with E-state index in [1.807, 2.05) is 0 Å². The van der Waals surface area contributed by atoms with Crippen molar-refractivity contribution in [3.8, 4) is 0 Å². The highest BCUT2D eigenvalue weighted by molar-refractivity contribution is 5.95. The molecule has 0 spiro atoms. The molecule has 0 saturated carbocycles. The molecule has 0 amide bonds. The molecular weight excluding hydrogens is 433 g/mol. The van der Waals surface area contributed by atoms with Crippen molar-refractivity contribution < 1.29 is 35.5 Å². The quantitative estimate of drug-likeness (QED) is 0.530. The van der Waals surface area contributed by atoms with E-state index in [9.17, 15) is 35.5 Å². The van der Waals surface area contributed by atoms with Crippen LogP contribution in [0.5, 0.6) is 0 Å². The number of carbonyl (C=O) groups excluding carboxylic acids is 1. The van der Waals surface area contributed by atoms with Gasteiger partial charge in [0.05, 0.1) is 18.2 Å². The second-order valence-electron chi connectivity index (χ2n) is 6.92. The summed E-state index contributed by atoms with van der Waals surface area (Å²) in [4.78, 5) is 22.6. The van der Waals surface area contributed by atoms with Crippen molar-refractivity contribution in [2.24, 2.45) is 10.7 Å². The Hall–Kier alpha value is -3.05.